The monoisotopic (exact) mass is 735 g/mol. The Hall–Kier alpha value is -5.19. The van der Waals surface area contributed by atoms with Gasteiger partial charge in [0.2, 0.25) is 11.8 Å². The first-order chi connectivity index (χ1) is 26.0. The first-order valence-corrected chi connectivity index (χ1v) is 19.2. The third kappa shape index (κ3) is 8.30. The Bertz CT molecular complexity index is 1720. The van der Waals surface area contributed by atoms with Gasteiger partial charge in [-0.05, 0) is 82.9 Å². The van der Waals surface area contributed by atoms with E-state index < -0.39 is 24.3 Å². The van der Waals surface area contributed by atoms with Gasteiger partial charge in [-0.1, -0.05) is 88.4 Å². The molecule has 0 spiro atoms. The molecule has 2 saturated heterocycles. The van der Waals surface area contributed by atoms with E-state index in [1.165, 1.54) is 25.4 Å². The average molecular weight is 736 g/mol. The molecule has 3 aliphatic heterocycles. The third-order valence-electron chi connectivity index (χ3n) is 11.2. The van der Waals surface area contributed by atoms with Crippen molar-refractivity contribution in [3.05, 3.63) is 83.6 Å². The van der Waals surface area contributed by atoms with Gasteiger partial charge in [0.05, 0.1) is 26.3 Å². The van der Waals surface area contributed by atoms with Gasteiger partial charge in [-0.15, -0.1) is 0 Å². The topological polar surface area (TPSA) is 130 Å². The molecular weight excluding hydrogens is 683 g/mol. The van der Waals surface area contributed by atoms with Crippen molar-refractivity contribution in [2.45, 2.75) is 90.4 Å². The van der Waals surface area contributed by atoms with Crippen molar-refractivity contribution >= 4 is 40.9 Å². The minimum atomic E-state index is -0.653. The van der Waals surface area contributed by atoms with E-state index >= 15 is 0 Å². The number of allylic oxidation sites excluding steroid dienone is 4. The highest BCUT2D eigenvalue weighted by Crippen LogP contribution is 2.37. The quantitative estimate of drug-likeness (QED) is 0.256. The van der Waals surface area contributed by atoms with Crippen LogP contribution >= 0.6 is 0 Å². The van der Waals surface area contributed by atoms with Crippen LogP contribution in [0, 0.1) is 11.8 Å². The highest BCUT2D eigenvalue weighted by Gasteiger charge is 2.39. The van der Waals surface area contributed by atoms with E-state index in [2.05, 4.69) is 71.3 Å². The Kier molecular flexibility index (Phi) is 12.0. The molecular formula is C43H53N5O6. The number of ether oxygens (including phenoxy) is 2. The summed E-state index contributed by atoms with van der Waals surface area (Å²) in [4.78, 5) is 59.6. The first kappa shape index (κ1) is 38.5. The van der Waals surface area contributed by atoms with Gasteiger partial charge in [0, 0.05) is 31.4 Å². The fourth-order valence-electron chi connectivity index (χ4n) is 8.10. The average Bonchev–Trinajstić information content (AvgIpc) is 4.02. The number of amides is 4. The number of benzene rings is 2. The lowest BCUT2D eigenvalue weighted by Crippen LogP contribution is -2.53. The first-order valence-electron chi connectivity index (χ1n) is 19.2. The van der Waals surface area contributed by atoms with Crippen LogP contribution in [-0.4, -0.2) is 91.0 Å². The SMILES string of the molecule is COC(=O)N[C@H](C(=O)N1CCCC1C1=CC=C(c2ccc(-c3ccc(C4=CN=C([C@@H]5CCCN5C(=O)[C@@H](NC(=O)OC)C(C)C)C4)cc3)cc2)C1)C(C)C. The lowest BCUT2D eigenvalue weighted by Gasteiger charge is -2.31. The van der Waals surface area contributed by atoms with Gasteiger partial charge in [0.15, 0.2) is 0 Å². The van der Waals surface area contributed by atoms with Crippen molar-refractivity contribution < 1.29 is 28.7 Å². The van der Waals surface area contributed by atoms with Gasteiger partial charge >= 0.3 is 12.2 Å². The molecule has 2 aromatic rings. The van der Waals surface area contributed by atoms with Crippen molar-refractivity contribution in [3.63, 3.8) is 0 Å². The predicted molar refractivity (Wildman–Crippen MR) is 210 cm³/mol. The maximum absolute atomic E-state index is 13.6. The second-order valence-corrected chi connectivity index (χ2v) is 15.3. The molecule has 6 rings (SSSR count). The Morgan fingerprint density at radius 1 is 0.648 bits per heavy atom. The van der Waals surface area contributed by atoms with Crippen LogP contribution < -0.4 is 10.6 Å². The summed E-state index contributed by atoms with van der Waals surface area (Å²) in [7, 11) is 2.61. The van der Waals surface area contributed by atoms with Gasteiger partial charge < -0.3 is 29.9 Å². The van der Waals surface area contributed by atoms with Gasteiger partial charge in [0.25, 0.3) is 0 Å². The van der Waals surface area contributed by atoms with Crippen molar-refractivity contribution in [1.29, 1.82) is 0 Å². The Balaban J connectivity index is 1.04. The van der Waals surface area contributed by atoms with Crippen molar-refractivity contribution in [2.24, 2.45) is 16.8 Å². The molecule has 2 N–H and O–H groups in total. The summed E-state index contributed by atoms with van der Waals surface area (Å²) in [5, 5.41) is 5.45. The van der Waals surface area contributed by atoms with Gasteiger partial charge in [-0.3, -0.25) is 14.6 Å². The molecule has 0 radical (unpaired) electrons. The lowest BCUT2D eigenvalue weighted by atomic mass is 9.94. The molecule has 2 aromatic carbocycles. The number of methoxy groups -OCH3 is 2. The molecule has 4 amide bonds. The van der Waals surface area contributed by atoms with Crippen LogP contribution in [0.1, 0.15) is 77.3 Å². The summed E-state index contributed by atoms with van der Waals surface area (Å²) in [6.07, 6.45) is 10.1. The largest absolute Gasteiger partial charge is 0.453 e. The molecule has 54 heavy (non-hydrogen) atoms. The maximum atomic E-state index is 13.6. The number of rotatable bonds is 11. The van der Waals surface area contributed by atoms with E-state index in [1.807, 2.05) is 43.7 Å². The summed E-state index contributed by atoms with van der Waals surface area (Å²) >= 11 is 0. The molecule has 0 saturated carbocycles. The Labute approximate surface area is 318 Å². The van der Waals surface area contributed by atoms with Gasteiger partial charge in [0.1, 0.15) is 12.1 Å². The van der Waals surface area contributed by atoms with Crippen LogP contribution in [0.5, 0.6) is 0 Å². The van der Waals surface area contributed by atoms with Crippen molar-refractivity contribution in [1.82, 2.24) is 20.4 Å². The number of hydrogen-bond acceptors (Lipinski definition) is 7. The minimum Gasteiger partial charge on any atom is -0.453 e. The number of nitrogens with zero attached hydrogens (tertiary/aromatic N) is 3. The number of aliphatic imine (C=N–C) groups is 1. The van der Waals surface area contributed by atoms with Crippen LogP contribution in [-0.2, 0) is 19.1 Å². The molecule has 11 heteroatoms. The van der Waals surface area contributed by atoms with E-state index in [4.69, 9.17) is 14.5 Å². The zero-order chi connectivity index (χ0) is 38.5. The number of carbonyl (C=O) groups excluding carboxylic acids is 4. The highest BCUT2D eigenvalue weighted by atomic mass is 16.5. The standard InChI is InChI=1S/C43H53N5O6/c1-26(2)38(45-42(51)53-5)40(49)47-21-7-9-36(47)33-20-19-32(23-33)30-15-11-28(12-16-30)29-13-17-31(18-14-29)34-24-35(44-25-34)37-10-8-22-48(37)41(50)39(27(3)4)46-43(52)54-6/h11-20,25-27,36-39H,7-10,21-24H2,1-6H3,(H,45,51)(H,46,52)/t36?,37-,38-,39-/m0/s1. The smallest absolute Gasteiger partial charge is 0.407 e. The molecule has 0 aromatic heterocycles. The van der Waals surface area contributed by atoms with Crippen molar-refractivity contribution in [2.75, 3.05) is 27.3 Å². The van der Waals surface area contributed by atoms with Crippen molar-refractivity contribution in [3.8, 4) is 11.1 Å². The summed E-state index contributed by atoms with van der Waals surface area (Å²) in [6.45, 7) is 9.03. The molecule has 2 fully saturated rings. The van der Waals surface area contributed by atoms with Crippen LogP contribution in [0.2, 0.25) is 0 Å². The number of hydrogen-bond donors (Lipinski definition) is 2. The van der Waals surface area contributed by atoms with E-state index in [9.17, 15) is 19.2 Å². The maximum Gasteiger partial charge on any atom is 0.407 e. The summed E-state index contributed by atoms with van der Waals surface area (Å²) in [5.74, 6) is -0.289. The summed E-state index contributed by atoms with van der Waals surface area (Å²) < 4.78 is 9.54. The summed E-state index contributed by atoms with van der Waals surface area (Å²) in [6, 6.07) is 15.8. The normalized spacial score (nSPS) is 20.7. The lowest BCUT2D eigenvalue weighted by molar-refractivity contribution is -0.135. The molecule has 1 unspecified atom stereocenters. The molecule has 4 aliphatic rings. The number of alkyl carbamates (subject to hydrolysis) is 2. The molecule has 11 nitrogen and oxygen atoms in total. The van der Waals surface area contributed by atoms with E-state index in [0.717, 1.165) is 65.6 Å². The van der Waals surface area contributed by atoms with Gasteiger partial charge in [-0.2, -0.15) is 0 Å². The second-order valence-electron chi connectivity index (χ2n) is 15.3. The minimum absolute atomic E-state index is 0.0216. The summed E-state index contributed by atoms with van der Waals surface area (Å²) in [5.41, 5.74) is 9.07. The Morgan fingerprint density at radius 2 is 1.11 bits per heavy atom. The predicted octanol–water partition coefficient (Wildman–Crippen LogP) is 7.00. The third-order valence-corrected chi connectivity index (χ3v) is 11.2. The fraction of sp³-hybridized carbons (Fsp3) is 0.465. The highest BCUT2D eigenvalue weighted by molar-refractivity contribution is 6.04. The van der Waals surface area contributed by atoms with Gasteiger partial charge in [-0.25, -0.2) is 9.59 Å². The molecule has 0 bridgehead atoms. The van der Waals surface area contributed by atoms with E-state index in [0.29, 0.717) is 19.5 Å². The molecule has 1 aliphatic carbocycles. The number of carbonyl (C=O) groups is 4. The van der Waals surface area contributed by atoms with Crippen LogP contribution in [0.15, 0.2) is 77.4 Å². The van der Waals surface area contributed by atoms with E-state index in [1.54, 1.807) is 0 Å². The fourth-order valence-corrected chi connectivity index (χ4v) is 8.10. The zero-order valence-electron chi connectivity index (χ0n) is 32.3. The van der Waals surface area contributed by atoms with Crippen LogP contribution in [0.25, 0.3) is 22.3 Å². The molecule has 4 atom stereocenters. The second kappa shape index (κ2) is 16.9. The number of likely N-dealkylation sites (tertiary alicyclic amines) is 2. The zero-order valence-corrected chi connectivity index (χ0v) is 32.3. The molecule has 286 valence electrons. The van der Waals surface area contributed by atoms with Crippen LogP contribution in [0.3, 0.4) is 0 Å². The Morgan fingerprint density at radius 3 is 1.61 bits per heavy atom. The van der Waals surface area contributed by atoms with E-state index in [-0.39, 0.29) is 35.7 Å². The van der Waals surface area contributed by atoms with Crippen LogP contribution in [0.4, 0.5) is 9.59 Å². The molecule has 3 heterocycles. The number of nitrogens with one attached hydrogen (secondary N) is 2.